The van der Waals surface area contributed by atoms with Crippen molar-refractivity contribution in [1.82, 2.24) is 0 Å². The Balaban J connectivity index is 1.63. The Bertz CT molecular complexity index is 1150. The van der Waals surface area contributed by atoms with Gasteiger partial charge in [0.05, 0.1) is 4.90 Å². The van der Waals surface area contributed by atoms with E-state index in [0.717, 1.165) is 0 Å². The number of sulfonamides is 1. The zero-order valence-electron chi connectivity index (χ0n) is 15.9. The molecule has 0 saturated carbocycles. The van der Waals surface area contributed by atoms with Crippen LogP contribution in [0.4, 0.5) is 11.4 Å². The van der Waals surface area contributed by atoms with Crippen molar-refractivity contribution in [3.05, 3.63) is 82.3 Å². The lowest BCUT2D eigenvalue weighted by Crippen LogP contribution is -2.20. The number of carbonyl (C=O) groups is 1. The number of amides is 1. The molecule has 9 heteroatoms. The lowest BCUT2D eigenvalue weighted by Gasteiger charge is -2.12. The first-order valence-electron chi connectivity index (χ1n) is 8.80. The van der Waals surface area contributed by atoms with Crippen molar-refractivity contribution in [3.8, 4) is 5.75 Å². The predicted molar refractivity (Wildman–Crippen MR) is 119 cm³/mol. The van der Waals surface area contributed by atoms with Gasteiger partial charge in [0.25, 0.3) is 15.9 Å². The summed E-state index contributed by atoms with van der Waals surface area (Å²) >= 11 is 11.6. The molecule has 0 spiro atoms. The molecule has 1 amide bonds. The van der Waals surface area contributed by atoms with E-state index in [0.29, 0.717) is 32.7 Å². The molecule has 0 heterocycles. The SMILES string of the molecule is Cc1cc(S(=O)(=O)Nc2ccc(Cl)cc2)ccc1OCC(=O)Nc1ccc(Cl)cc1. The van der Waals surface area contributed by atoms with Gasteiger partial charge < -0.3 is 10.1 Å². The number of hydrogen-bond donors (Lipinski definition) is 2. The van der Waals surface area contributed by atoms with Crippen molar-refractivity contribution in [3.63, 3.8) is 0 Å². The fourth-order valence-electron chi connectivity index (χ4n) is 2.56. The summed E-state index contributed by atoms with van der Waals surface area (Å²) in [6.45, 7) is 1.48. The molecule has 0 aromatic heterocycles. The molecule has 6 nitrogen and oxygen atoms in total. The van der Waals surface area contributed by atoms with Crippen molar-refractivity contribution in [2.45, 2.75) is 11.8 Å². The van der Waals surface area contributed by atoms with Crippen molar-refractivity contribution in [2.24, 2.45) is 0 Å². The standard InChI is InChI=1S/C21H18Cl2N2O4S/c1-14-12-19(30(27,28)25-18-8-4-16(23)5-9-18)10-11-20(14)29-13-21(26)24-17-6-2-15(22)3-7-17/h2-12,25H,13H2,1H3,(H,24,26). The maximum absolute atomic E-state index is 12.6. The molecule has 30 heavy (non-hydrogen) atoms. The highest BCUT2D eigenvalue weighted by atomic mass is 35.5. The topological polar surface area (TPSA) is 84.5 Å². The molecule has 0 fully saturated rings. The van der Waals surface area contributed by atoms with E-state index in [9.17, 15) is 13.2 Å². The summed E-state index contributed by atoms with van der Waals surface area (Å²) in [5.41, 5.74) is 1.57. The molecule has 0 aliphatic carbocycles. The Morgan fingerprint density at radius 2 is 1.47 bits per heavy atom. The van der Waals surface area contributed by atoms with Crippen LogP contribution in [0, 0.1) is 6.92 Å². The third-order valence-corrected chi connectivity index (χ3v) is 5.92. The summed E-state index contributed by atoms with van der Waals surface area (Å²) in [5.74, 6) is 0.0597. The molecular weight excluding hydrogens is 447 g/mol. The lowest BCUT2D eigenvalue weighted by molar-refractivity contribution is -0.118. The Hall–Kier alpha value is -2.74. The van der Waals surface area contributed by atoms with E-state index in [2.05, 4.69) is 10.0 Å². The van der Waals surface area contributed by atoms with Crippen LogP contribution in [0.15, 0.2) is 71.6 Å². The fraction of sp³-hybridized carbons (Fsp3) is 0.0952. The molecule has 0 atom stereocenters. The molecule has 3 aromatic carbocycles. The van der Waals surface area contributed by atoms with Crippen molar-refractivity contribution in [2.75, 3.05) is 16.6 Å². The van der Waals surface area contributed by atoms with Crippen LogP contribution in [0.1, 0.15) is 5.56 Å². The summed E-state index contributed by atoms with van der Waals surface area (Å²) in [6.07, 6.45) is 0. The summed E-state index contributed by atoms with van der Waals surface area (Å²) < 4.78 is 33.2. The number of rotatable bonds is 7. The van der Waals surface area contributed by atoms with Crippen molar-refractivity contribution in [1.29, 1.82) is 0 Å². The maximum Gasteiger partial charge on any atom is 0.262 e. The number of halogens is 2. The van der Waals surface area contributed by atoms with Crippen molar-refractivity contribution >= 4 is 50.5 Å². The molecule has 0 radical (unpaired) electrons. The largest absolute Gasteiger partial charge is 0.483 e. The van der Waals surface area contributed by atoms with Gasteiger partial charge in [0.1, 0.15) is 5.75 Å². The Morgan fingerprint density at radius 1 is 0.900 bits per heavy atom. The van der Waals surface area contributed by atoms with Crippen LogP contribution in [-0.2, 0) is 14.8 Å². The van der Waals surface area contributed by atoms with Gasteiger partial charge in [-0.05, 0) is 79.2 Å². The van der Waals surface area contributed by atoms with E-state index in [1.165, 1.54) is 18.2 Å². The minimum Gasteiger partial charge on any atom is -0.483 e. The Kier molecular flexibility index (Phi) is 6.87. The quantitative estimate of drug-likeness (QED) is 0.507. The van der Waals surface area contributed by atoms with Gasteiger partial charge in [-0.1, -0.05) is 23.2 Å². The van der Waals surface area contributed by atoms with E-state index in [1.54, 1.807) is 55.5 Å². The maximum atomic E-state index is 12.6. The second-order valence-electron chi connectivity index (χ2n) is 6.38. The number of anilines is 2. The fourth-order valence-corrected chi connectivity index (χ4v) is 3.95. The molecule has 0 aliphatic heterocycles. The zero-order chi connectivity index (χ0) is 21.7. The highest BCUT2D eigenvalue weighted by Crippen LogP contribution is 2.24. The van der Waals surface area contributed by atoms with Crippen LogP contribution in [-0.4, -0.2) is 20.9 Å². The monoisotopic (exact) mass is 464 g/mol. The third-order valence-electron chi connectivity index (χ3n) is 4.04. The Morgan fingerprint density at radius 3 is 2.03 bits per heavy atom. The second kappa shape index (κ2) is 9.38. The smallest absolute Gasteiger partial charge is 0.262 e. The van der Waals surface area contributed by atoms with Gasteiger partial charge in [-0.3, -0.25) is 9.52 Å². The number of hydrogen-bond acceptors (Lipinski definition) is 4. The first kappa shape index (κ1) is 22.0. The van der Waals surface area contributed by atoms with E-state index in [-0.39, 0.29) is 17.4 Å². The number of ether oxygens (including phenoxy) is 1. The summed E-state index contributed by atoms with van der Waals surface area (Å²) in [6, 6.07) is 17.4. The van der Waals surface area contributed by atoms with Crippen molar-refractivity contribution < 1.29 is 17.9 Å². The number of benzene rings is 3. The van der Waals surface area contributed by atoms with Gasteiger partial charge in [0.15, 0.2) is 6.61 Å². The molecule has 0 saturated heterocycles. The average molecular weight is 465 g/mol. The molecule has 156 valence electrons. The van der Waals surface area contributed by atoms with Gasteiger partial charge in [0.2, 0.25) is 0 Å². The van der Waals surface area contributed by atoms with Gasteiger partial charge in [-0.2, -0.15) is 0 Å². The first-order valence-corrected chi connectivity index (χ1v) is 11.0. The lowest BCUT2D eigenvalue weighted by atomic mass is 10.2. The summed E-state index contributed by atoms with van der Waals surface area (Å²) in [4.78, 5) is 12.1. The molecule has 3 aromatic rings. The second-order valence-corrected chi connectivity index (χ2v) is 8.94. The van der Waals surface area contributed by atoms with Gasteiger partial charge in [-0.15, -0.1) is 0 Å². The minimum atomic E-state index is -3.78. The van der Waals surface area contributed by atoms with Gasteiger partial charge >= 0.3 is 0 Å². The average Bonchev–Trinajstić information content (AvgIpc) is 2.70. The van der Waals surface area contributed by atoms with Crippen LogP contribution in [0.2, 0.25) is 10.0 Å². The predicted octanol–water partition coefficient (Wildman–Crippen LogP) is 5.12. The molecule has 0 aliphatic rings. The normalized spacial score (nSPS) is 11.0. The van der Waals surface area contributed by atoms with Crippen LogP contribution in [0.3, 0.4) is 0 Å². The van der Waals surface area contributed by atoms with Crippen LogP contribution in [0.25, 0.3) is 0 Å². The van der Waals surface area contributed by atoms with E-state index >= 15 is 0 Å². The van der Waals surface area contributed by atoms with Crippen LogP contribution < -0.4 is 14.8 Å². The number of aryl methyl sites for hydroxylation is 1. The summed E-state index contributed by atoms with van der Waals surface area (Å²) in [7, 11) is -3.78. The molecular formula is C21H18Cl2N2O4S. The highest BCUT2D eigenvalue weighted by Gasteiger charge is 2.16. The molecule has 3 rings (SSSR count). The molecule has 2 N–H and O–H groups in total. The van der Waals surface area contributed by atoms with Gasteiger partial charge in [0, 0.05) is 21.4 Å². The molecule has 0 bridgehead atoms. The first-order chi connectivity index (χ1) is 14.2. The van der Waals surface area contributed by atoms with Crippen LogP contribution in [0.5, 0.6) is 5.75 Å². The van der Waals surface area contributed by atoms with E-state index in [1.807, 2.05) is 0 Å². The Labute approximate surface area is 184 Å². The highest BCUT2D eigenvalue weighted by molar-refractivity contribution is 7.92. The van der Waals surface area contributed by atoms with Crippen LogP contribution >= 0.6 is 23.2 Å². The zero-order valence-corrected chi connectivity index (χ0v) is 18.2. The van der Waals surface area contributed by atoms with Gasteiger partial charge in [-0.25, -0.2) is 8.42 Å². The van der Waals surface area contributed by atoms with E-state index < -0.39 is 10.0 Å². The number of carbonyl (C=O) groups excluding carboxylic acids is 1. The molecule has 0 unspecified atom stereocenters. The third kappa shape index (κ3) is 5.89. The number of nitrogens with one attached hydrogen (secondary N) is 2. The minimum absolute atomic E-state index is 0.0768. The summed E-state index contributed by atoms with van der Waals surface area (Å²) in [5, 5.41) is 3.77. The van der Waals surface area contributed by atoms with E-state index in [4.69, 9.17) is 27.9 Å².